The van der Waals surface area contributed by atoms with E-state index in [0.717, 1.165) is 37.1 Å². The number of hydrogen-bond acceptors (Lipinski definition) is 5. The quantitative estimate of drug-likeness (QED) is 0.828. The molecule has 3 heterocycles. The van der Waals surface area contributed by atoms with Gasteiger partial charge in [0.2, 0.25) is 15.9 Å². The Morgan fingerprint density at radius 2 is 2.12 bits per heavy atom. The summed E-state index contributed by atoms with van der Waals surface area (Å²) in [4.78, 5) is 14.3. The van der Waals surface area contributed by atoms with Gasteiger partial charge in [-0.15, -0.1) is 0 Å². The van der Waals surface area contributed by atoms with Crippen LogP contribution < -0.4 is 10.1 Å². The van der Waals surface area contributed by atoms with Gasteiger partial charge >= 0.3 is 0 Å². The van der Waals surface area contributed by atoms with Gasteiger partial charge in [-0.1, -0.05) is 0 Å². The number of carbonyl (C=O) groups is 1. The molecule has 0 aromatic heterocycles. The molecule has 25 heavy (non-hydrogen) atoms. The molecule has 1 aromatic carbocycles. The van der Waals surface area contributed by atoms with Crippen molar-refractivity contribution in [2.75, 3.05) is 39.3 Å². The van der Waals surface area contributed by atoms with E-state index in [4.69, 9.17) is 4.74 Å². The Morgan fingerprint density at radius 1 is 1.24 bits per heavy atom. The maximum absolute atomic E-state index is 13.1. The molecule has 3 aliphatic heterocycles. The number of piperidine rings is 1. The van der Waals surface area contributed by atoms with Crippen LogP contribution in [-0.4, -0.2) is 68.9 Å². The van der Waals surface area contributed by atoms with E-state index in [0.29, 0.717) is 37.7 Å². The second kappa shape index (κ2) is 6.59. The SMILES string of the molecule is O=C1CNCCN1C1CCCN(S(=O)(=O)c2ccc3c(c2)CCO3)C1. The van der Waals surface area contributed by atoms with Crippen LogP contribution in [0.4, 0.5) is 0 Å². The van der Waals surface area contributed by atoms with E-state index in [9.17, 15) is 13.2 Å². The highest BCUT2D eigenvalue weighted by molar-refractivity contribution is 7.89. The molecule has 1 aromatic rings. The molecule has 4 rings (SSSR count). The molecule has 136 valence electrons. The topological polar surface area (TPSA) is 79.0 Å². The summed E-state index contributed by atoms with van der Waals surface area (Å²) in [5, 5.41) is 3.06. The number of carbonyl (C=O) groups excluding carboxylic acids is 1. The van der Waals surface area contributed by atoms with Crippen molar-refractivity contribution in [1.29, 1.82) is 0 Å². The van der Waals surface area contributed by atoms with Crippen LogP contribution in [0.1, 0.15) is 18.4 Å². The van der Waals surface area contributed by atoms with Gasteiger partial charge in [0.25, 0.3) is 0 Å². The van der Waals surface area contributed by atoms with Crippen molar-refractivity contribution in [1.82, 2.24) is 14.5 Å². The van der Waals surface area contributed by atoms with Crippen LogP contribution in [0.3, 0.4) is 0 Å². The summed E-state index contributed by atoms with van der Waals surface area (Å²) in [6.45, 7) is 3.24. The molecule has 1 amide bonds. The molecule has 0 spiro atoms. The van der Waals surface area contributed by atoms with E-state index >= 15 is 0 Å². The number of rotatable bonds is 3. The number of piperazine rings is 1. The lowest BCUT2D eigenvalue weighted by Gasteiger charge is -2.40. The van der Waals surface area contributed by atoms with Gasteiger partial charge in [0.15, 0.2) is 0 Å². The summed E-state index contributed by atoms with van der Waals surface area (Å²) in [6, 6.07) is 5.07. The minimum atomic E-state index is -3.55. The van der Waals surface area contributed by atoms with E-state index in [1.807, 2.05) is 4.90 Å². The van der Waals surface area contributed by atoms with E-state index in [2.05, 4.69) is 5.32 Å². The molecule has 1 atom stereocenters. The number of sulfonamides is 1. The first-order valence-corrected chi connectivity index (χ1v) is 10.3. The molecule has 2 saturated heterocycles. The summed E-state index contributed by atoms with van der Waals surface area (Å²) < 4.78 is 33.1. The number of amides is 1. The first-order valence-electron chi connectivity index (χ1n) is 8.82. The molecule has 7 nitrogen and oxygen atoms in total. The number of fused-ring (bicyclic) bond motifs is 1. The zero-order chi connectivity index (χ0) is 17.4. The summed E-state index contributed by atoms with van der Waals surface area (Å²) in [5.74, 6) is 0.840. The number of hydrogen-bond donors (Lipinski definition) is 1. The molecule has 1 unspecified atom stereocenters. The Bertz CT molecular complexity index is 780. The average Bonchev–Trinajstić information content (AvgIpc) is 3.10. The number of benzene rings is 1. The normalized spacial score (nSPS) is 24.9. The van der Waals surface area contributed by atoms with Gasteiger partial charge in [-0.2, -0.15) is 4.31 Å². The third kappa shape index (κ3) is 3.14. The summed E-state index contributed by atoms with van der Waals surface area (Å²) in [6.07, 6.45) is 2.38. The summed E-state index contributed by atoms with van der Waals surface area (Å²) in [5.41, 5.74) is 0.951. The minimum Gasteiger partial charge on any atom is -0.493 e. The molecule has 0 radical (unpaired) electrons. The Balaban J connectivity index is 1.54. The van der Waals surface area contributed by atoms with Crippen molar-refractivity contribution in [2.45, 2.75) is 30.2 Å². The van der Waals surface area contributed by atoms with Gasteiger partial charge in [0.1, 0.15) is 5.75 Å². The van der Waals surface area contributed by atoms with Gasteiger partial charge < -0.3 is 15.0 Å². The van der Waals surface area contributed by atoms with Gasteiger partial charge in [0, 0.05) is 38.6 Å². The third-order valence-electron chi connectivity index (χ3n) is 5.22. The van der Waals surface area contributed by atoms with Crippen LogP contribution in [-0.2, 0) is 21.2 Å². The number of nitrogens with zero attached hydrogens (tertiary/aromatic N) is 2. The molecule has 0 aliphatic carbocycles. The fraction of sp³-hybridized carbons (Fsp3) is 0.588. The van der Waals surface area contributed by atoms with E-state index in [1.165, 1.54) is 4.31 Å². The lowest BCUT2D eigenvalue weighted by Crippen LogP contribution is -2.57. The van der Waals surface area contributed by atoms with Crippen molar-refractivity contribution in [3.8, 4) is 5.75 Å². The Morgan fingerprint density at radius 3 is 2.96 bits per heavy atom. The fourth-order valence-corrected chi connectivity index (χ4v) is 5.44. The van der Waals surface area contributed by atoms with E-state index in [1.54, 1.807) is 18.2 Å². The third-order valence-corrected chi connectivity index (χ3v) is 7.09. The molecular weight excluding hydrogens is 342 g/mol. The highest BCUT2D eigenvalue weighted by atomic mass is 32.2. The van der Waals surface area contributed by atoms with Gasteiger partial charge in [-0.3, -0.25) is 4.79 Å². The summed E-state index contributed by atoms with van der Waals surface area (Å²) >= 11 is 0. The average molecular weight is 365 g/mol. The molecule has 8 heteroatoms. The molecule has 0 saturated carbocycles. The van der Waals surface area contributed by atoms with Crippen LogP contribution in [0, 0.1) is 0 Å². The van der Waals surface area contributed by atoms with Crippen LogP contribution in [0.25, 0.3) is 0 Å². The lowest BCUT2D eigenvalue weighted by molar-refractivity contribution is -0.135. The van der Waals surface area contributed by atoms with Crippen molar-refractivity contribution < 1.29 is 17.9 Å². The maximum atomic E-state index is 13.1. The van der Waals surface area contributed by atoms with Crippen molar-refractivity contribution >= 4 is 15.9 Å². The van der Waals surface area contributed by atoms with Crippen molar-refractivity contribution in [2.24, 2.45) is 0 Å². The van der Waals surface area contributed by atoms with E-state index in [-0.39, 0.29) is 11.9 Å². The first kappa shape index (κ1) is 16.8. The smallest absolute Gasteiger partial charge is 0.243 e. The zero-order valence-corrected chi connectivity index (χ0v) is 14.9. The minimum absolute atomic E-state index is 0.0316. The number of ether oxygens (including phenoxy) is 1. The molecule has 2 fully saturated rings. The zero-order valence-electron chi connectivity index (χ0n) is 14.1. The fourth-order valence-electron chi connectivity index (χ4n) is 3.87. The Labute approximate surface area is 148 Å². The molecule has 0 bridgehead atoms. The van der Waals surface area contributed by atoms with Gasteiger partial charge in [-0.25, -0.2) is 8.42 Å². The second-order valence-electron chi connectivity index (χ2n) is 6.79. The Hall–Kier alpha value is -1.64. The number of nitrogens with one attached hydrogen (secondary N) is 1. The van der Waals surface area contributed by atoms with Crippen LogP contribution in [0.2, 0.25) is 0 Å². The Kier molecular flexibility index (Phi) is 4.43. The van der Waals surface area contributed by atoms with Gasteiger partial charge in [0.05, 0.1) is 18.0 Å². The molecular formula is C17H23N3O4S. The summed E-state index contributed by atoms with van der Waals surface area (Å²) in [7, 11) is -3.55. The predicted octanol–water partition coefficient (Wildman–Crippen LogP) is 0.206. The maximum Gasteiger partial charge on any atom is 0.243 e. The van der Waals surface area contributed by atoms with Gasteiger partial charge in [-0.05, 0) is 36.6 Å². The highest BCUT2D eigenvalue weighted by Crippen LogP contribution is 2.30. The predicted molar refractivity (Wildman–Crippen MR) is 92.0 cm³/mol. The van der Waals surface area contributed by atoms with Crippen LogP contribution in [0.15, 0.2) is 23.1 Å². The largest absolute Gasteiger partial charge is 0.493 e. The van der Waals surface area contributed by atoms with Crippen LogP contribution >= 0.6 is 0 Å². The standard InChI is InChI=1S/C17H23N3O4S/c21-17-11-18-6-8-20(17)14-2-1-7-19(12-14)25(22,23)15-3-4-16-13(10-15)5-9-24-16/h3-4,10,14,18H,1-2,5-9,11-12H2. The molecule has 1 N–H and O–H groups in total. The van der Waals surface area contributed by atoms with Crippen LogP contribution in [0.5, 0.6) is 5.75 Å². The first-order chi connectivity index (χ1) is 12.1. The highest BCUT2D eigenvalue weighted by Gasteiger charge is 2.35. The van der Waals surface area contributed by atoms with E-state index < -0.39 is 10.0 Å². The lowest BCUT2D eigenvalue weighted by atomic mass is 10.1. The second-order valence-corrected chi connectivity index (χ2v) is 8.73. The van der Waals surface area contributed by atoms with Crippen molar-refractivity contribution in [3.63, 3.8) is 0 Å². The monoisotopic (exact) mass is 365 g/mol. The van der Waals surface area contributed by atoms with Crippen molar-refractivity contribution in [3.05, 3.63) is 23.8 Å². The molecule has 3 aliphatic rings.